The predicted molar refractivity (Wildman–Crippen MR) is 32.6 cm³/mol. The standard InChI is InChI=1S/C4H10NO2S/c1-4-8(6,7)5(2)3/h4H,1-3H3. The van der Waals surface area contributed by atoms with Gasteiger partial charge in [0, 0.05) is 14.1 Å². The number of hydrogen-bond acceptors (Lipinski definition) is 2. The van der Waals surface area contributed by atoms with Crippen LogP contribution in [0.25, 0.3) is 0 Å². The minimum Gasteiger partial charge on any atom is -0.212 e. The maximum atomic E-state index is 10.6. The van der Waals surface area contributed by atoms with Crippen LogP contribution in [0.1, 0.15) is 6.92 Å². The van der Waals surface area contributed by atoms with Gasteiger partial charge in [-0.3, -0.25) is 0 Å². The van der Waals surface area contributed by atoms with Crippen molar-refractivity contribution in [2.45, 2.75) is 6.92 Å². The van der Waals surface area contributed by atoms with E-state index in [9.17, 15) is 8.42 Å². The van der Waals surface area contributed by atoms with Crippen LogP contribution >= 0.6 is 0 Å². The van der Waals surface area contributed by atoms with E-state index in [0.29, 0.717) is 0 Å². The van der Waals surface area contributed by atoms with Gasteiger partial charge in [0.2, 0.25) is 10.0 Å². The Hall–Kier alpha value is -0.0900. The monoisotopic (exact) mass is 136 g/mol. The van der Waals surface area contributed by atoms with Crippen LogP contribution in [0.15, 0.2) is 0 Å². The third-order valence-electron chi connectivity index (χ3n) is 0.807. The zero-order chi connectivity index (χ0) is 6.78. The molecule has 0 saturated carbocycles. The Labute approximate surface area is 50.4 Å². The van der Waals surface area contributed by atoms with Gasteiger partial charge < -0.3 is 0 Å². The first kappa shape index (κ1) is 7.91. The number of nitrogens with zero attached hydrogens (tertiary/aromatic N) is 1. The Balaban J connectivity index is 4.17. The van der Waals surface area contributed by atoms with E-state index in [0.717, 1.165) is 10.1 Å². The summed E-state index contributed by atoms with van der Waals surface area (Å²) < 4.78 is 22.3. The summed E-state index contributed by atoms with van der Waals surface area (Å²) in [5, 5.41) is 0. The highest BCUT2D eigenvalue weighted by atomic mass is 32.2. The maximum Gasteiger partial charge on any atom is 0.217 e. The Morgan fingerprint density at radius 3 is 1.75 bits per heavy atom. The van der Waals surface area contributed by atoms with Crippen molar-refractivity contribution < 1.29 is 8.42 Å². The van der Waals surface area contributed by atoms with Crippen LogP contribution in [0.5, 0.6) is 0 Å². The summed E-state index contributed by atoms with van der Waals surface area (Å²) in [5.74, 6) is 1.16. The van der Waals surface area contributed by atoms with Crippen molar-refractivity contribution in [3.05, 3.63) is 5.75 Å². The van der Waals surface area contributed by atoms with E-state index < -0.39 is 10.0 Å². The molecule has 0 saturated heterocycles. The van der Waals surface area contributed by atoms with E-state index in [1.165, 1.54) is 21.0 Å². The van der Waals surface area contributed by atoms with Crippen molar-refractivity contribution in [1.82, 2.24) is 4.31 Å². The van der Waals surface area contributed by atoms with E-state index in [1.54, 1.807) is 0 Å². The molecule has 0 aromatic heterocycles. The topological polar surface area (TPSA) is 37.4 Å². The molecule has 0 aliphatic rings. The first-order valence-corrected chi connectivity index (χ1v) is 3.73. The SMILES string of the molecule is C[CH]S(=O)(=O)N(C)C. The molecule has 0 N–H and O–H groups in total. The zero-order valence-electron chi connectivity index (χ0n) is 5.25. The van der Waals surface area contributed by atoms with Gasteiger partial charge in [0.1, 0.15) is 0 Å². The summed E-state index contributed by atoms with van der Waals surface area (Å²) in [6.07, 6.45) is 0. The van der Waals surface area contributed by atoms with E-state index in [4.69, 9.17) is 0 Å². The Kier molecular flexibility index (Phi) is 2.43. The Morgan fingerprint density at radius 1 is 1.38 bits per heavy atom. The largest absolute Gasteiger partial charge is 0.217 e. The second kappa shape index (κ2) is 2.46. The molecule has 0 aliphatic heterocycles. The average Bonchev–Trinajstić information content (AvgIpc) is 1.67. The van der Waals surface area contributed by atoms with Crippen molar-refractivity contribution in [2.24, 2.45) is 0 Å². The van der Waals surface area contributed by atoms with Gasteiger partial charge in [-0.05, 0) is 6.92 Å². The second-order valence-electron chi connectivity index (χ2n) is 1.56. The fraction of sp³-hybridized carbons (Fsp3) is 0.750. The minimum atomic E-state index is -3.03. The lowest BCUT2D eigenvalue weighted by Gasteiger charge is -2.06. The molecule has 1 radical (unpaired) electrons. The highest BCUT2D eigenvalue weighted by molar-refractivity contribution is 7.91. The van der Waals surface area contributed by atoms with Gasteiger partial charge in [0.25, 0.3) is 0 Å². The van der Waals surface area contributed by atoms with Crippen LogP contribution in [-0.2, 0) is 10.0 Å². The smallest absolute Gasteiger partial charge is 0.212 e. The van der Waals surface area contributed by atoms with Gasteiger partial charge in [-0.2, -0.15) is 0 Å². The third kappa shape index (κ3) is 1.79. The van der Waals surface area contributed by atoms with Gasteiger partial charge in [0.15, 0.2) is 0 Å². The molecule has 0 unspecified atom stereocenters. The lowest BCUT2D eigenvalue weighted by molar-refractivity contribution is 0.527. The first-order valence-electron chi connectivity index (χ1n) is 2.22. The summed E-state index contributed by atoms with van der Waals surface area (Å²) >= 11 is 0. The zero-order valence-corrected chi connectivity index (χ0v) is 6.07. The minimum absolute atomic E-state index is 1.16. The van der Waals surface area contributed by atoms with E-state index >= 15 is 0 Å². The number of hydrogen-bond donors (Lipinski definition) is 0. The van der Waals surface area contributed by atoms with Crippen LogP contribution in [0.3, 0.4) is 0 Å². The fourth-order valence-corrected chi connectivity index (χ4v) is 0.632. The Bertz CT molecular complexity index is 147. The van der Waals surface area contributed by atoms with Crippen LogP contribution in [0, 0.1) is 5.75 Å². The predicted octanol–water partition coefficient (Wildman–Crippen LogP) is 0.0595. The normalized spacial score (nSPS) is 12.5. The van der Waals surface area contributed by atoms with Gasteiger partial charge >= 0.3 is 0 Å². The summed E-state index contributed by atoms with van der Waals surface area (Å²) in [7, 11) is -0.0370. The lowest BCUT2D eigenvalue weighted by atomic mass is 11.0. The molecule has 0 aromatic rings. The van der Waals surface area contributed by atoms with Crippen LogP contribution < -0.4 is 0 Å². The van der Waals surface area contributed by atoms with Crippen molar-refractivity contribution in [3.8, 4) is 0 Å². The summed E-state index contributed by atoms with van der Waals surface area (Å²) in [4.78, 5) is 0. The van der Waals surface area contributed by atoms with Gasteiger partial charge in [0.05, 0.1) is 5.75 Å². The number of sulfonamides is 1. The molecule has 0 atom stereocenters. The molecule has 0 spiro atoms. The van der Waals surface area contributed by atoms with Gasteiger partial charge in [-0.1, -0.05) is 0 Å². The van der Waals surface area contributed by atoms with Gasteiger partial charge in [-0.25, -0.2) is 12.7 Å². The molecule has 0 aromatic carbocycles. The molecular weight excluding hydrogens is 126 g/mol. The summed E-state index contributed by atoms with van der Waals surface area (Å²) in [5.41, 5.74) is 0. The van der Waals surface area contributed by atoms with Crippen LogP contribution in [0.4, 0.5) is 0 Å². The average molecular weight is 136 g/mol. The quantitative estimate of drug-likeness (QED) is 0.538. The highest BCUT2D eigenvalue weighted by Crippen LogP contribution is 1.95. The molecule has 0 fully saturated rings. The van der Waals surface area contributed by atoms with Crippen molar-refractivity contribution >= 4 is 10.0 Å². The molecule has 49 valence electrons. The molecule has 0 aliphatic carbocycles. The fourth-order valence-electron chi connectivity index (χ4n) is 0.211. The van der Waals surface area contributed by atoms with Crippen molar-refractivity contribution in [1.29, 1.82) is 0 Å². The molecule has 0 rings (SSSR count). The lowest BCUT2D eigenvalue weighted by Crippen LogP contribution is -2.20. The third-order valence-corrected chi connectivity index (χ3v) is 2.42. The Morgan fingerprint density at radius 2 is 1.75 bits per heavy atom. The number of rotatable bonds is 2. The van der Waals surface area contributed by atoms with E-state index in [1.807, 2.05) is 0 Å². The molecular formula is C4H10NO2S. The van der Waals surface area contributed by atoms with Crippen molar-refractivity contribution in [3.63, 3.8) is 0 Å². The van der Waals surface area contributed by atoms with Gasteiger partial charge in [-0.15, -0.1) is 0 Å². The van der Waals surface area contributed by atoms with Crippen LogP contribution in [0.2, 0.25) is 0 Å². The second-order valence-corrected chi connectivity index (χ2v) is 3.79. The van der Waals surface area contributed by atoms with E-state index in [2.05, 4.69) is 0 Å². The molecule has 4 heteroatoms. The molecule has 8 heavy (non-hydrogen) atoms. The summed E-state index contributed by atoms with van der Waals surface area (Å²) in [6, 6.07) is 0. The molecule has 3 nitrogen and oxygen atoms in total. The first-order chi connectivity index (χ1) is 3.50. The maximum absolute atomic E-state index is 10.6. The van der Waals surface area contributed by atoms with E-state index in [-0.39, 0.29) is 0 Å². The van der Waals surface area contributed by atoms with Crippen LogP contribution in [-0.4, -0.2) is 26.8 Å². The summed E-state index contributed by atoms with van der Waals surface area (Å²) in [6.45, 7) is 1.50. The molecule has 0 amide bonds. The van der Waals surface area contributed by atoms with Crippen molar-refractivity contribution in [2.75, 3.05) is 14.1 Å². The highest BCUT2D eigenvalue weighted by Gasteiger charge is 2.08. The molecule has 0 heterocycles. The molecule has 0 bridgehead atoms.